The Hall–Kier alpha value is -1.82. The number of hydrogen-bond donors (Lipinski definition) is 0. The number of rotatable bonds is 12. The number of aromatic nitrogens is 2. The van der Waals surface area contributed by atoms with Crippen molar-refractivity contribution in [2.24, 2.45) is 0 Å². The van der Waals surface area contributed by atoms with Gasteiger partial charge in [-0.3, -0.25) is 10.1 Å². The summed E-state index contributed by atoms with van der Waals surface area (Å²) >= 11 is 1.75. The molecule has 0 atom stereocenters. The summed E-state index contributed by atoms with van der Waals surface area (Å²) in [5, 5.41) is 11.1. The zero-order valence-corrected chi connectivity index (χ0v) is 15.7. The molecule has 25 heavy (non-hydrogen) atoms. The van der Waals surface area contributed by atoms with E-state index in [0.717, 1.165) is 30.0 Å². The number of imidazole rings is 1. The lowest BCUT2D eigenvalue weighted by molar-refractivity contribution is -0.385. The molecule has 5 nitrogen and oxygen atoms in total. The van der Waals surface area contributed by atoms with Crippen LogP contribution >= 0.6 is 11.8 Å². The average molecular weight is 362 g/mol. The second kappa shape index (κ2) is 10.9. The molecule has 0 saturated heterocycles. The van der Waals surface area contributed by atoms with Crippen LogP contribution in [0.2, 0.25) is 0 Å². The molecule has 2 aromatic rings. The van der Waals surface area contributed by atoms with Crippen molar-refractivity contribution in [3.05, 3.63) is 52.6 Å². The first kappa shape index (κ1) is 19.5. The molecule has 1 aromatic heterocycles. The molecule has 0 aliphatic carbocycles. The van der Waals surface area contributed by atoms with Gasteiger partial charge in [0.05, 0.1) is 11.3 Å². The molecule has 0 aliphatic rings. The minimum absolute atomic E-state index is 0.178. The van der Waals surface area contributed by atoms with E-state index in [9.17, 15) is 10.1 Å². The van der Waals surface area contributed by atoms with E-state index in [1.54, 1.807) is 36.4 Å². The number of nitro groups is 1. The number of thioether (sulfide) groups is 1. The molecule has 0 saturated carbocycles. The van der Waals surface area contributed by atoms with Crippen LogP contribution in [0.1, 0.15) is 51.0 Å². The van der Waals surface area contributed by atoms with Gasteiger partial charge >= 0.3 is 0 Å². The van der Waals surface area contributed by atoms with Crippen LogP contribution in [0, 0.1) is 10.1 Å². The quantitative estimate of drug-likeness (QED) is 0.217. The Labute approximate surface area is 154 Å². The van der Waals surface area contributed by atoms with Crippen LogP contribution in [0.4, 0.5) is 5.69 Å². The third kappa shape index (κ3) is 6.90. The Morgan fingerprint density at radius 2 is 2.00 bits per heavy atom. The van der Waals surface area contributed by atoms with E-state index in [1.165, 1.54) is 37.7 Å². The van der Waals surface area contributed by atoms with Gasteiger partial charge in [-0.15, -0.1) is 11.8 Å². The van der Waals surface area contributed by atoms with Crippen LogP contribution in [-0.4, -0.2) is 20.2 Å². The molecule has 1 heterocycles. The van der Waals surface area contributed by atoms with Gasteiger partial charge in [0.1, 0.15) is 0 Å². The molecule has 136 valence electrons. The number of non-ortho nitro benzene ring substituents is 1. The Morgan fingerprint density at radius 3 is 2.72 bits per heavy atom. The van der Waals surface area contributed by atoms with E-state index >= 15 is 0 Å². The number of unbranched alkanes of at least 4 members (excludes halogenated alkanes) is 5. The fraction of sp³-hybridized carbons (Fsp3) is 0.526. The first-order valence-electron chi connectivity index (χ1n) is 9.06. The summed E-state index contributed by atoms with van der Waals surface area (Å²) in [5.41, 5.74) is 1.35. The average Bonchev–Trinajstić information content (AvgIpc) is 3.13. The van der Waals surface area contributed by atoms with Crippen molar-refractivity contribution in [3.8, 4) is 0 Å². The van der Waals surface area contributed by atoms with E-state index in [-0.39, 0.29) is 10.6 Å². The Bertz CT molecular complexity index is 644. The van der Waals surface area contributed by atoms with Gasteiger partial charge in [0.15, 0.2) is 0 Å². The first-order valence-corrected chi connectivity index (χ1v) is 10.0. The topological polar surface area (TPSA) is 61.0 Å². The van der Waals surface area contributed by atoms with Crippen molar-refractivity contribution in [2.45, 2.75) is 63.3 Å². The van der Waals surface area contributed by atoms with Gasteiger partial charge in [0.25, 0.3) is 5.69 Å². The fourth-order valence-corrected chi connectivity index (χ4v) is 3.86. The summed E-state index contributed by atoms with van der Waals surface area (Å²) < 4.78 is 2.03. The highest BCUT2D eigenvalue weighted by Gasteiger charge is 2.11. The predicted molar refractivity (Wildman–Crippen MR) is 103 cm³/mol. The maximum Gasteiger partial charge on any atom is 0.270 e. The summed E-state index contributed by atoms with van der Waals surface area (Å²) in [7, 11) is 0. The third-order valence-electron chi connectivity index (χ3n) is 4.22. The summed E-state index contributed by atoms with van der Waals surface area (Å²) in [4.78, 5) is 15.9. The van der Waals surface area contributed by atoms with E-state index in [1.807, 2.05) is 16.8 Å². The second-order valence-corrected chi connectivity index (χ2v) is 7.35. The monoisotopic (exact) mass is 361 g/mol. The molecule has 0 radical (unpaired) electrons. The van der Waals surface area contributed by atoms with Crippen molar-refractivity contribution < 1.29 is 4.92 Å². The molecule has 2 rings (SSSR count). The molecular formula is C19H27N3O2S. The summed E-state index contributed by atoms with van der Waals surface area (Å²) in [6.45, 7) is 3.06. The zero-order chi connectivity index (χ0) is 17.9. The van der Waals surface area contributed by atoms with Crippen molar-refractivity contribution in [1.29, 1.82) is 0 Å². The third-order valence-corrected chi connectivity index (χ3v) is 5.40. The SMILES string of the molecule is CCCCCCCCSc1cc([N+](=O)[O-])ccc1CCn1ccnc1. The molecule has 0 amide bonds. The standard InChI is InChI=1S/C19H27N3O2S/c1-2-3-4-5-6-7-14-25-19-15-18(22(23)24)9-8-17(19)10-12-21-13-11-20-16-21/h8-9,11,13,15-16H,2-7,10,12,14H2,1H3. The summed E-state index contributed by atoms with van der Waals surface area (Å²) in [5.74, 6) is 1.02. The molecule has 0 unspecified atom stereocenters. The van der Waals surface area contributed by atoms with Crippen molar-refractivity contribution in [2.75, 3.05) is 5.75 Å². The highest BCUT2D eigenvalue weighted by atomic mass is 32.2. The molecule has 6 heteroatoms. The van der Waals surface area contributed by atoms with Crippen molar-refractivity contribution in [3.63, 3.8) is 0 Å². The minimum Gasteiger partial charge on any atom is -0.337 e. The van der Waals surface area contributed by atoms with Crippen LogP contribution in [0.15, 0.2) is 41.8 Å². The van der Waals surface area contributed by atoms with Crippen LogP contribution < -0.4 is 0 Å². The van der Waals surface area contributed by atoms with Gasteiger partial charge in [-0.1, -0.05) is 45.1 Å². The highest BCUT2D eigenvalue weighted by molar-refractivity contribution is 7.99. The van der Waals surface area contributed by atoms with E-state index in [2.05, 4.69) is 11.9 Å². The molecule has 0 spiro atoms. The van der Waals surface area contributed by atoms with E-state index in [4.69, 9.17) is 0 Å². The number of aryl methyl sites for hydroxylation is 2. The largest absolute Gasteiger partial charge is 0.337 e. The molecule has 0 bridgehead atoms. The summed E-state index contributed by atoms with van der Waals surface area (Å²) in [6.07, 6.45) is 14.0. The number of nitro benzene ring substituents is 1. The van der Waals surface area contributed by atoms with Crippen LogP contribution in [0.5, 0.6) is 0 Å². The van der Waals surface area contributed by atoms with Gasteiger partial charge in [-0.2, -0.15) is 0 Å². The highest BCUT2D eigenvalue weighted by Crippen LogP contribution is 2.29. The molecule has 1 aromatic carbocycles. The molecule has 0 aliphatic heterocycles. The van der Waals surface area contributed by atoms with Gasteiger partial charge in [-0.25, -0.2) is 4.98 Å². The van der Waals surface area contributed by atoms with Crippen molar-refractivity contribution in [1.82, 2.24) is 9.55 Å². The molecule has 0 N–H and O–H groups in total. The normalized spacial score (nSPS) is 10.9. The lowest BCUT2D eigenvalue weighted by Crippen LogP contribution is -2.01. The Balaban J connectivity index is 1.90. The number of hydrogen-bond acceptors (Lipinski definition) is 4. The molecular weight excluding hydrogens is 334 g/mol. The van der Waals surface area contributed by atoms with Crippen molar-refractivity contribution >= 4 is 17.4 Å². The smallest absolute Gasteiger partial charge is 0.270 e. The van der Waals surface area contributed by atoms with E-state index < -0.39 is 0 Å². The first-order chi connectivity index (χ1) is 12.2. The zero-order valence-electron chi connectivity index (χ0n) is 14.9. The maximum atomic E-state index is 11.1. The van der Waals surface area contributed by atoms with Gasteiger partial charge in [0.2, 0.25) is 0 Å². The van der Waals surface area contributed by atoms with Crippen LogP contribution in [0.3, 0.4) is 0 Å². The van der Waals surface area contributed by atoms with Gasteiger partial charge in [0, 0.05) is 36.0 Å². The van der Waals surface area contributed by atoms with E-state index in [0.29, 0.717) is 0 Å². The lowest BCUT2D eigenvalue weighted by Gasteiger charge is -2.10. The van der Waals surface area contributed by atoms with Crippen LogP contribution in [0.25, 0.3) is 0 Å². The summed E-state index contributed by atoms with van der Waals surface area (Å²) in [6, 6.07) is 5.24. The van der Waals surface area contributed by atoms with Crippen LogP contribution in [-0.2, 0) is 13.0 Å². The predicted octanol–water partition coefficient (Wildman–Crippen LogP) is 5.49. The molecule has 0 fully saturated rings. The Morgan fingerprint density at radius 1 is 1.20 bits per heavy atom. The van der Waals surface area contributed by atoms with Gasteiger partial charge in [-0.05, 0) is 24.2 Å². The number of benzene rings is 1. The Kier molecular flexibility index (Phi) is 8.52. The fourth-order valence-electron chi connectivity index (χ4n) is 2.73. The minimum atomic E-state index is -0.311. The second-order valence-electron chi connectivity index (χ2n) is 6.22. The maximum absolute atomic E-state index is 11.1. The lowest BCUT2D eigenvalue weighted by atomic mass is 10.1. The van der Waals surface area contributed by atoms with Gasteiger partial charge < -0.3 is 4.57 Å². The number of nitrogens with zero attached hydrogens (tertiary/aromatic N) is 3.